The third-order valence-corrected chi connectivity index (χ3v) is 6.04. The summed E-state index contributed by atoms with van der Waals surface area (Å²) in [4.78, 5) is 11.2. The van der Waals surface area contributed by atoms with Crippen molar-refractivity contribution >= 4 is 16.2 Å². The van der Waals surface area contributed by atoms with Crippen LogP contribution >= 0.6 is 0 Å². The van der Waals surface area contributed by atoms with Crippen LogP contribution in [0.1, 0.15) is 45.4 Å². The molecule has 1 rings (SSSR count). The van der Waals surface area contributed by atoms with Gasteiger partial charge in [-0.05, 0) is 12.8 Å². The molecule has 0 spiro atoms. The average molecular weight is 306 g/mol. The number of methoxy groups -OCH3 is 1. The second kappa shape index (κ2) is 7.95. The van der Waals surface area contributed by atoms with Crippen LogP contribution in [-0.2, 0) is 19.7 Å². The second-order valence-corrected chi connectivity index (χ2v) is 7.12. The normalized spacial score (nSPS) is 17.6. The Labute approximate surface area is 122 Å². The Kier molecular flexibility index (Phi) is 6.91. The van der Waals surface area contributed by atoms with Gasteiger partial charge in [-0.25, -0.2) is 0 Å². The monoisotopic (exact) mass is 306 g/mol. The predicted molar refractivity (Wildman–Crippen MR) is 77.4 cm³/mol. The first-order valence-electron chi connectivity index (χ1n) is 7.23. The van der Waals surface area contributed by atoms with E-state index in [1.54, 1.807) is 14.0 Å². The first-order chi connectivity index (χ1) is 9.43. The summed E-state index contributed by atoms with van der Waals surface area (Å²) in [6.45, 7) is 2.31. The van der Waals surface area contributed by atoms with Gasteiger partial charge in [0.2, 0.25) is 0 Å². The number of carbonyl (C=O) groups excluding carboxylic acids is 1. The van der Waals surface area contributed by atoms with Gasteiger partial charge in [0.15, 0.2) is 0 Å². The molecule has 0 aromatic rings. The predicted octanol–water partition coefficient (Wildman–Crippen LogP) is 1.38. The largest absolute Gasteiger partial charge is 0.469 e. The molecule has 0 aromatic carbocycles. The van der Waals surface area contributed by atoms with E-state index in [4.69, 9.17) is 0 Å². The summed E-state index contributed by atoms with van der Waals surface area (Å²) in [5.74, 6) is -0.390. The number of hydrogen-bond donors (Lipinski definition) is 0. The Morgan fingerprint density at radius 2 is 1.85 bits per heavy atom. The van der Waals surface area contributed by atoms with Crippen molar-refractivity contribution in [3.05, 3.63) is 0 Å². The maximum Gasteiger partial charge on any atom is 0.306 e. The van der Waals surface area contributed by atoms with E-state index in [0.717, 1.165) is 25.7 Å². The summed E-state index contributed by atoms with van der Waals surface area (Å²) >= 11 is 0. The van der Waals surface area contributed by atoms with Crippen LogP contribution in [0.15, 0.2) is 0 Å². The minimum atomic E-state index is -3.50. The molecule has 118 valence electrons. The van der Waals surface area contributed by atoms with Crippen molar-refractivity contribution in [3.8, 4) is 0 Å². The van der Waals surface area contributed by atoms with E-state index in [1.165, 1.54) is 22.1 Å². The molecule has 0 N–H and O–H groups in total. The fourth-order valence-electron chi connectivity index (χ4n) is 2.57. The molecule has 0 radical (unpaired) electrons. The van der Waals surface area contributed by atoms with Crippen LogP contribution < -0.4 is 0 Å². The number of rotatable bonds is 7. The van der Waals surface area contributed by atoms with Crippen LogP contribution in [0.2, 0.25) is 0 Å². The third-order valence-electron chi connectivity index (χ3n) is 3.92. The van der Waals surface area contributed by atoms with Crippen LogP contribution in [0, 0.1) is 0 Å². The molecule has 0 amide bonds. The molecule has 0 unspecified atom stereocenters. The third kappa shape index (κ3) is 4.43. The second-order valence-electron chi connectivity index (χ2n) is 5.13. The zero-order valence-electron chi connectivity index (χ0n) is 12.7. The van der Waals surface area contributed by atoms with Gasteiger partial charge in [0, 0.05) is 26.2 Å². The van der Waals surface area contributed by atoms with Gasteiger partial charge in [0.25, 0.3) is 10.2 Å². The van der Waals surface area contributed by atoms with Crippen LogP contribution in [-0.4, -0.2) is 56.3 Å². The molecular formula is C13H26N2O4S. The molecule has 1 aliphatic rings. The zero-order chi connectivity index (χ0) is 15.2. The van der Waals surface area contributed by atoms with Gasteiger partial charge in [0.05, 0.1) is 13.5 Å². The van der Waals surface area contributed by atoms with Gasteiger partial charge >= 0.3 is 5.97 Å². The minimum absolute atomic E-state index is 0.0842. The molecule has 1 saturated carbocycles. The molecule has 1 fully saturated rings. The summed E-state index contributed by atoms with van der Waals surface area (Å²) in [6.07, 6.45) is 5.28. The Hall–Kier alpha value is -0.660. The molecule has 0 heterocycles. The Balaban J connectivity index is 2.69. The minimum Gasteiger partial charge on any atom is -0.469 e. The molecule has 0 bridgehead atoms. The maximum absolute atomic E-state index is 12.6. The Bertz CT molecular complexity index is 405. The van der Waals surface area contributed by atoms with Crippen LogP contribution in [0.3, 0.4) is 0 Å². The molecule has 0 atom stereocenters. The van der Waals surface area contributed by atoms with Gasteiger partial charge in [0.1, 0.15) is 0 Å². The molecule has 20 heavy (non-hydrogen) atoms. The summed E-state index contributed by atoms with van der Waals surface area (Å²) in [6, 6.07) is 0.0842. The van der Waals surface area contributed by atoms with Gasteiger partial charge in [-0.2, -0.15) is 17.0 Å². The lowest BCUT2D eigenvalue weighted by atomic mass is 9.96. The highest BCUT2D eigenvalue weighted by molar-refractivity contribution is 7.86. The summed E-state index contributed by atoms with van der Waals surface area (Å²) in [7, 11) is -0.544. The van der Waals surface area contributed by atoms with Crippen LogP contribution in [0.4, 0.5) is 0 Å². The smallest absolute Gasteiger partial charge is 0.306 e. The highest BCUT2D eigenvalue weighted by Gasteiger charge is 2.32. The van der Waals surface area contributed by atoms with E-state index < -0.39 is 10.2 Å². The molecule has 0 saturated heterocycles. The number of esters is 1. The van der Waals surface area contributed by atoms with Crippen molar-refractivity contribution < 1.29 is 17.9 Å². The molecule has 6 nitrogen and oxygen atoms in total. The van der Waals surface area contributed by atoms with Crippen molar-refractivity contribution in [2.24, 2.45) is 0 Å². The molecule has 1 aliphatic carbocycles. The standard InChI is InChI=1S/C13H26N2O4S/c1-4-15(11-10-13(16)19-3)20(17,18)14(2)12-8-6-5-7-9-12/h12H,4-11H2,1-3H3. The molecule has 7 heteroatoms. The topological polar surface area (TPSA) is 66.9 Å². The first kappa shape index (κ1) is 17.4. The van der Waals surface area contributed by atoms with E-state index in [1.807, 2.05) is 0 Å². The average Bonchev–Trinajstić information content (AvgIpc) is 2.47. The van der Waals surface area contributed by atoms with Crippen LogP contribution in [0.5, 0.6) is 0 Å². The van der Waals surface area contributed by atoms with Gasteiger partial charge < -0.3 is 4.74 Å². The van der Waals surface area contributed by atoms with Gasteiger partial charge in [-0.15, -0.1) is 0 Å². The molecule has 0 aromatic heterocycles. The number of carbonyl (C=O) groups is 1. The lowest BCUT2D eigenvalue weighted by molar-refractivity contribution is -0.140. The van der Waals surface area contributed by atoms with Gasteiger partial charge in [-0.3, -0.25) is 4.79 Å². The Morgan fingerprint density at radius 3 is 2.35 bits per heavy atom. The SMILES string of the molecule is CCN(CCC(=O)OC)S(=O)(=O)N(C)C1CCCCC1. The van der Waals surface area contributed by atoms with E-state index in [-0.39, 0.29) is 25.0 Å². The van der Waals surface area contributed by atoms with Crippen molar-refractivity contribution in [1.29, 1.82) is 0 Å². The molecule has 0 aliphatic heterocycles. The fraction of sp³-hybridized carbons (Fsp3) is 0.923. The van der Waals surface area contributed by atoms with E-state index >= 15 is 0 Å². The number of nitrogens with zero attached hydrogens (tertiary/aromatic N) is 2. The van der Waals surface area contributed by atoms with E-state index in [0.29, 0.717) is 6.54 Å². The fourth-order valence-corrected chi connectivity index (χ4v) is 4.17. The Morgan fingerprint density at radius 1 is 1.25 bits per heavy atom. The quantitative estimate of drug-likeness (QED) is 0.667. The lowest BCUT2D eigenvalue weighted by Gasteiger charge is -2.34. The van der Waals surface area contributed by atoms with Crippen molar-refractivity contribution in [2.45, 2.75) is 51.5 Å². The van der Waals surface area contributed by atoms with Gasteiger partial charge in [-0.1, -0.05) is 26.2 Å². The highest BCUT2D eigenvalue weighted by atomic mass is 32.2. The highest BCUT2D eigenvalue weighted by Crippen LogP contribution is 2.24. The van der Waals surface area contributed by atoms with Crippen molar-refractivity contribution in [1.82, 2.24) is 8.61 Å². The lowest BCUT2D eigenvalue weighted by Crippen LogP contribution is -2.47. The zero-order valence-corrected chi connectivity index (χ0v) is 13.5. The molecular weight excluding hydrogens is 280 g/mol. The van der Waals surface area contributed by atoms with E-state index in [9.17, 15) is 13.2 Å². The number of ether oxygens (including phenoxy) is 1. The maximum atomic E-state index is 12.6. The van der Waals surface area contributed by atoms with Crippen molar-refractivity contribution in [2.75, 3.05) is 27.2 Å². The number of hydrogen-bond acceptors (Lipinski definition) is 4. The first-order valence-corrected chi connectivity index (χ1v) is 8.63. The van der Waals surface area contributed by atoms with Crippen LogP contribution in [0.25, 0.3) is 0 Å². The summed E-state index contributed by atoms with van der Waals surface area (Å²) in [5.41, 5.74) is 0. The summed E-state index contributed by atoms with van der Waals surface area (Å²) < 4.78 is 32.5. The summed E-state index contributed by atoms with van der Waals surface area (Å²) in [5, 5.41) is 0. The van der Waals surface area contributed by atoms with Crippen molar-refractivity contribution in [3.63, 3.8) is 0 Å². The van der Waals surface area contributed by atoms with E-state index in [2.05, 4.69) is 4.74 Å².